The SMILES string of the molecule is c1cc(CN2CCO[C@H]3CN(Cc4ccoc4)CC[C@H]3C2)ccn1. The number of hydrogen-bond donors (Lipinski definition) is 0. The molecule has 0 N–H and O–H groups in total. The van der Waals surface area contributed by atoms with Gasteiger partial charge in [-0.15, -0.1) is 0 Å². The van der Waals surface area contributed by atoms with Crippen LogP contribution in [0.25, 0.3) is 0 Å². The van der Waals surface area contributed by atoms with Gasteiger partial charge in [-0.3, -0.25) is 14.8 Å². The third-order valence-electron chi connectivity index (χ3n) is 5.15. The van der Waals surface area contributed by atoms with E-state index in [0.29, 0.717) is 12.0 Å². The van der Waals surface area contributed by atoms with Crippen LogP contribution in [0.15, 0.2) is 47.5 Å². The summed E-state index contributed by atoms with van der Waals surface area (Å²) in [6.45, 7) is 7.09. The molecule has 0 radical (unpaired) electrons. The van der Waals surface area contributed by atoms with Crippen LogP contribution in [0.1, 0.15) is 17.5 Å². The summed E-state index contributed by atoms with van der Waals surface area (Å²) in [5, 5.41) is 0. The zero-order valence-electron chi connectivity index (χ0n) is 14.0. The van der Waals surface area contributed by atoms with Gasteiger partial charge < -0.3 is 9.15 Å². The fourth-order valence-electron chi connectivity index (χ4n) is 3.86. The van der Waals surface area contributed by atoms with Gasteiger partial charge in [-0.05, 0) is 36.7 Å². The van der Waals surface area contributed by atoms with Crippen molar-refractivity contribution in [2.75, 3.05) is 32.8 Å². The summed E-state index contributed by atoms with van der Waals surface area (Å²) in [5.74, 6) is 0.634. The lowest BCUT2D eigenvalue weighted by Crippen LogP contribution is -2.46. The average Bonchev–Trinajstić information content (AvgIpc) is 3.02. The predicted octanol–water partition coefficient (Wildman–Crippen LogP) is 2.40. The molecule has 0 spiro atoms. The summed E-state index contributed by atoms with van der Waals surface area (Å²) in [6.07, 6.45) is 8.91. The van der Waals surface area contributed by atoms with Crippen LogP contribution in [0.3, 0.4) is 0 Å². The zero-order chi connectivity index (χ0) is 16.2. The molecular weight excluding hydrogens is 302 g/mol. The van der Waals surface area contributed by atoms with Crippen LogP contribution in [0.4, 0.5) is 0 Å². The minimum Gasteiger partial charge on any atom is -0.472 e. The van der Waals surface area contributed by atoms with Crippen LogP contribution in [0.5, 0.6) is 0 Å². The second-order valence-electron chi connectivity index (χ2n) is 6.92. The van der Waals surface area contributed by atoms with Crippen molar-refractivity contribution in [1.82, 2.24) is 14.8 Å². The van der Waals surface area contributed by atoms with E-state index in [1.54, 1.807) is 6.26 Å². The molecule has 2 atom stereocenters. The van der Waals surface area contributed by atoms with E-state index in [-0.39, 0.29) is 0 Å². The topological polar surface area (TPSA) is 41.7 Å². The number of fused-ring (bicyclic) bond motifs is 1. The van der Waals surface area contributed by atoms with Crippen molar-refractivity contribution < 1.29 is 9.15 Å². The molecule has 2 saturated heterocycles. The smallest absolute Gasteiger partial charge is 0.0947 e. The number of furan rings is 1. The van der Waals surface area contributed by atoms with E-state index < -0.39 is 0 Å². The van der Waals surface area contributed by atoms with Gasteiger partial charge in [0, 0.05) is 56.6 Å². The van der Waals surface area contributed by atoms with Crippen molar-refractivity contribution in [3.05, 3.63) is 54.2 Å². The number of likely N-dealkylation sites (tertiary alicyclic amines) is 1. The average molecular weight is 327 g/mol. The molecule has 2 aliphatic rings. The number of hydrogen-bond acceptors (Lipinski definition) is 5. The predicted molar refractivity (Wildman–Crippen MR) is 91.3 cm³/mol. The number of ether oxygens (including phenoxy) is 1. The summed E-state index contributed by atoms with van der Waals surface area (Å²) in [5.41, 5.74) is 2.59. The highest BCUT2D eigenvalue weighted by molar-refractivity contribution is 5.09. The van der Waals surface area contributed by atoms with Crippen LogP contribution >= 0.6 is 0 Å². The van der Waals surface area contributed by atoms with Gasteiger partial charge in [0.1, 0.15) is 0 Å². The van der Waals surface area contributed by atoms with Gasteiger partial charge in [0.05, 0.1) is 25.2 Å². The first-order chi connectivity index (χ1) is 11.9. The normalized spacial score (nSPS) is 26.0. The van der Waals surface area contributed by atoms with Gasteiger partial charge in [0.25, 0.3) is 0 Å². The molecule has 0 saturated carbocycles. The van der Waals surface area contributed by atoms with Crippen LogP contribution in [-0.4, -0.2) is 53.7 Å². The maximum atomic E-state index is 6.21. The van der Waals surface area contributed by atoms with E-state index in [4.69, 9.17) is 9.15 Å². The van der Waals surface area contributed by atoms with Crippen molar-refractivity contribution in [3.8, 4) is 0 Å². The highest BCUT2D eigenvalue weighted by atomic mass is 16.5. The zero-order valence-corrected chi connectivity index (χ0v) is 14.0. The number of rotatable bonds is 4. The van der Waals surface area contributed by atoms with Crippen LogP contribution in [0.2, 0.25) is 0 Å². The fourth-order valence-corrected chi connectivity index (χ4v) is 3.86. The molecule has 5 heteroatoms. The second-order valence-corrected chi connectivity index (χ2v) is 6.92. The van der Waals surface area contributed by atoms with E-state index in [1.165, 1.54) is 17.5 Å². The highest BCUT2D eigenvalue weighted by Crippen LogP contribution is 2.25. The minimum atomic E-state index is 0.355. The van der Waals surface area contributed by atoms with Crippen molar-refractivity contribution in [3.63, 3.8) is 0 Å². The lowest BCUT2D eigenvalue weighted by Gasteiger charge is -2.37. The molecule has 128 valence electrons. The number of nitrogens with zero attached hydrogens (tertiary/aromatic N) is 3. The molecule has 2 aromatic rings. The van der Waals surface area contributed by atoms with E-state index in [0.717, 1.165) is 45.9 Å². The van der Waals surface area contributed by atoms with Gasteiger partial charge in [-0.1, -0.05) is 0 Å². The summed E-state index contributed by atoms with van der Waals surface area (Å²) >= 11 is 0. The molecular formula is C19H25N3O2. The lowest BCUT2D eigenvalue weighted by atomic mass is 9.93. The largest absolute Gasteiger partial charge is 0.472 e. The molecule has 24 heavy (non-hydrogen) atoms. The maximum absolute atomic E-state index is 6.21. The van der Waals surface area contributed by atoms with Crippen LogP contribution in [-0.2, 0) is 17.8 Å². The van der Waals surface area contributed by atoms with Gasteiger partial charge in [0.15, 0.2) is 0 Å². The minimum absolute atomic E-state index is 0.355. The summed E-state index contributed by atoms with van der Waals surface area (Å²) in [6, 6.07) is 6.27. The summed E-state index contributed by atoms with van der Waals surface area (Å²) in [4.78, 5) is 9.13. The Morgan fingerprint density at radius 2 is 1.83 bits per heavy atom. The molecule has 2 aliphatic heterocycles. The van der Waals surface area contributed by atoms with Crippen LogP contribution < -0.4 is 0 Å². The number of aromatic nitrogens is 1. The number of piperidine rings is 1. The first kappa shape index (κ1) is 15.8. The molecule has 4 heterocycles. The van der Waals surface area contributed by atoms with E-state index in [9.17, 15) is 0 Å². The third-order valence-corrected chi connectivity index (χ3v) is 5.15. The first-order valence-corrected chi connectivity index (χ1v) is 8.83. The van der Waals surface area contributed by atoms with Crippen molar-refractivity contribution >= 4 is 0 Å². The Morgan fingerprint density at radius 3 is 2.67 bits per heavy atom. The third kappa shape index (κ3) is 3.86. The quantitative estimate of drug-likeness (QED) is 0.862. The van der Waals surface area contributed by atoms with E-state index >= 15 is 0 Å². The molecule has 0 unspecified atom stereocenters. The molecule has 5 nitrogen and oxygen atoms in total. The standard InChI is InChI=1S/C19H25N3O2/c1-5-20-6-2-16(1)11-22-8-10-24-19-14-21(7-3-18(19)13-22)12-17-4-9-23-15-17/h1-2,4-6,9,15,18-19H,3,7-8,10-14H2/t18-,19-/m0/s1. The Labute approximate surface area is 143 Å². The van der Waals surface area contributed by atoms with Crippen molar-refractivity contribution in [2.45, 2.75) is 25.6 Å². The Bertz CT molecular complexity index is 617. The summed E-state index contributed by atoms with van der Waals surface area (Å²) < 4.78 is 11.4. The lowest BCUT2D eigenvalue weighted by molar-refractivity contribution is -0.0242. The van der Waals surface area contributed by atoms with Crippen LogP contribution in [0, 0.1) is 5.92 Å². The Balaban J connectivity index is 1.34. The molecule has 0 aliphatic carbocycles. The fraction of sp³-hybridized carbons (Fsp3) is 0.526. The monoisotopic (exact) mass is 327 g/mol. The summed E-state index contributed by atoms with van der Waals surface area (Å²) in [7, 11) is 0. The van der Waals surface area contributed by atoms with Crippen molar-refractivity contribution in [1.29, 1.82) is 0 Å². The molecule has 0 bridgehead atoms. The van der Waals surface area contributed by atoms with Gasteiger partial charge in [0.2, 0.25) is 0 Å². The Kier molecular flexibility index (Phi) is 4.92. The van der Waals surface area contributed by atoms with E-state index in [2.05, 4.69) is 33.0 Å². The Hall–Kier alpha value is -1.69. The molecule has 2 fully saturated rings. The second kappa shape index (κ2) is 7.47. The molecule has 0 aromatic carbocycles. The molecule has 0 amide bonds. The van der Waals surface area contributed by atoms with E-state index in [1.807, 2.05) is 18.7 Å². The van der Waals surface area contributed by atoms with Gasteiger partial charge in [-0.25, -0.2) is 0 Å². The molecule has 2 aromatic heterocycles. The van der Waals surface area contributed by atoms with Gasteiger partial charge in [-0.2, -0.15) is 0 Å². The number of pyridine rings is 1. The highest BCUT2D eigenvalue weighted by Gasteiger charge is 2.33. The van der Waals surface area contributed by atoms with Crippen molar-refractivity contribution in [2.24, 2.45) is 5.92 Å². The molecule has 4 rings (SSSR count). The van der Waals surface area contributed by atoms with Gasteiger partial charge >= 0.3 is 0 Å². The Morgan fingerprint density at radius 1 is 1.00 bits per heavy atom. The first-order valence-electron chi connectivity index (χ1n) is 8.83. The maximum Gasteiger partial charge on any atom is 0.0947 e.